The number of carbonyl (C=O) groups excluding carboxylic acids is 2. The number of amides is 1. The first-order valence-corrected chi connectivity index (χ1v) is 12.0. The molecule has 36 heavy (non-hydrogen) atoms. The minimum atomic E-state index is -1.02. The number of nitrogens with zero attached hydrogens (tertiary/aromatic N) is 4. The van der Waals surface area contributed by atoms with Gasteiger partial charge in [0, 0.05) is 30.1 Å². The molecule has 2 aromatic heterocycles. The fourth-order valence-corrected chi connectivity index (χ4v) is 5.54. The van der Waals surface area contributed by atoms with Gasteiger partial charge in [0.1, 0.15) is 11.5 Å². The van der Waals surface area contributed by atoms with Crippen LogP contribution < -0.4 is 9.64 Å². The lowest BCUT2D eigenvalue weighted by molar-refractivity contribution is -0.384. The molecule has 3 heterocycles. The van der Waals surface area contributed by atoms with Crippen LogP contribution in [0.15, 0.2) is 71.0 Å². The Hall–Kier alpha value is -4.16. The molecular weight excluding hydrogens is 552 g/mol. The van der Waals surface area contributed by atoms with Crippen LogP contribution in [-0.2, 0) is 9.59 Å². The van der Waals surface area contributed by atoms with Gasteiger partial charge < -0.3 is 9.84 Å². The second-order valence-corrected chi connectivity index (χ2v) is 9.57. The van der Waals surface area contributed by atoms with E-state index < -0.39 is 22.7 Å². The Morgan fingerprint density at radius 1 is 1.22 bits per heavy atom. The highest BCUT2D eigenvalue weighted by atomic mass is 79.9. The number of pyridine rings is 1. The summed E-state index contributed by atoms with van der Waals surface area (Å²) in [4.78, 5) is 47.0. The summed E-state index contributed by atoms with van der Waals surface area (Å²) >= 11 is 4.40. The Bertz CT molecular complexity index is 1590. The van der Waals surface area contributed by atoms with E-state index in [1.54, 1.807) is 36.5 Å². The molecule has 1 N–H and O–H groups in total. The van der Waals surface area contributed by atoms with Gasteiger partial charge in [-0.1, -0.05) is 17.4 Å². The van der Waals surface area contributed by atoms with Crippen molar-refractivity contribution < 1.29 is 24.4 Å². The number of fused-ring (bicyclic) bond motifs is 1. The largest absolute Gasteiger partial charge is 0.507 e. The average molecular weight is 567 g/mol. The van der Waals surface area contributed by atoms with E-state index in [1.165, 1.54) is 36.4 Å². The molecule has 180 valence electrons. The first kappa shape index (κ1) is 23.6. The fraction of sp³-hybridized carbons (Fsp3) is 0.0833. The third kappa shape index (κ3) is 3.89. The number of thiazole rings is 1. The number of benzene rings is 2. The predicted octanol–water partition coefficient (Wildman–Crippen LogP) is 5.00. The lowest BCUT2D eigenvalue weighted by Crippen LogP contribution is -2.29. The van der Waals surface area contributed by atoms with Crippen LogP contribution in [0, 0.1) is 10.1 Å². The third-order valence-corrected chi connectivity index (χ3v) is 7.28. The van der Waals surface area contributed by atoms with E-state index in [-0.39, 0.29) is 22.2 Å². The number of ether oxygens (including phenoxy) is 1. The lowest BCUT2D eigenvalue weighted by atomic mass is 9.96. The highest BCUT2D eigenvalue weighted by Crippen LogP contribution is 2.44. The van der Waals surface area contributed by atoms with Gasteiger partial charge in [-0.05, 0) is 51.8 Å². The highest BCUT2D eigenvalue weighted by Gasteiger charge is 2.48. The summed E-state index contributed by atoms with van der Waals surface area (Å²) < 4.78 is 6.26. The van der Waals surface area contributed by atoms with Gasteiger partial charge in [-0.25, -0.2) is 4.98 Å². The van der Waals surface area contributed by atoms with Crippen molar-refractivity contribution in [2.24, 2.45) is 0 Å². The molecule has 0 saturated carbocycles. The highest BCUT2D eigenvalue weighted by molar-refractivity contribution is 9.10. The van der Waals surface area contributed by atoms with Gasteiger partial charge in [0.2, 0.25) is 0 Å². The van der Waals surface area contributed by atoms with Gasteiger partial charge in [-0.2, -0.15) is 0 Å². The number of carbonyl (C=O) groups is 2. The number of nitro benzene ring substituents is 1. The van der Waals surface area contributed by atoms with Crippen molar-refractivity contribution in [3.63, 3.8) is 0 Å². The Balaban J connectivity index is 1.70. The Labute approximate surface area is 215 Å². The normalized spacial score (nSPS) is 17.1. The van der Waals surface area contributed by atoms with Gasteiger partial charge >= 0.3 is 5.91 Å². The van der Waals surface area contributed by atoms with Crippen LogP contribution in [-0.4, -0.2) is 38.8 Å². The molecule has 0 bridgehead atoms. The minimum absolute atomic E-state index is 0.117. The number of methoxy groups -OCH3 is 1. The molecule has 1 amide bonds. The zero-order valence-electron chi connectivity index (χ0n) is 18.4. The van der Waals surface area contributed by atoms with Gasteiger partial charge in [-0.15, -0.1) is 0 Å². The number of hydrogen-bond acceptors (Lipinski definition) is 9. The van der Waals surface area contributed by atoms with Crippen molar-refractivity contribution in [3.8, 4) is 5.75 Å². The van der Waals surface area contributed by atoms with Crippen LogP contribution in [0.1, 0.15) is 17.2 Å². The number of rotatable bonds is 5. The Morgan fingerprint density at radius 2 is 2.03 bits per heavy atom. The van der Waals surface area contributed by atoms with Crippen molar-refractivity contribution in [1.29, 1.82) is 0 Å². The number of aromatic nitrogens is 2. The molecule has 10 nitrogen and oxygen atoms in total. The van der Waals surface area contributed by atoms with Crippen molar-refractivity contribution in [2.45, 2.75) is 6.04 Å². The van der Waals surface area contributed by atoms with Crippen LogP contribution >= 0.6 is 27.3 Å². The standard InChI is InChI=1S/C24H15BrN4O6S/c1-35-17-7-4-12(9-15(17)25)21(30)19-20(13-3-2-8-26-11-13)28(23(32)22(19)31)24-27-16-6-5-14(29(33)34)10-18(16)36-24/h2-11,20,30H,1H3/b21-19+. The van der Waals surface area contributed by atoms with E-state index in [4.69, 9.17) is 4.74 Å². The summed E-state index contributed by atoms with van der Waals surface area (Å²) in [5.41, 5.74) is 0.973. The van der Waals surface area contributed by atoms with Gasteiger partial charge in [-0.3, -0.25) is 29.6 Å². The quantitative estimate of drug-likeness (QED) is 0.117. The van der Waals surface area contributed by atoms with Gasteiger partial charge in [0.05, 0.1) is 38.3 Å². The van der Waals surface area contributed by atoms with E-state index in [2.05, 4.69) is 25.9 Å². The molecule has 0 spiro atoms. The topological polar surface area (TPSA) is 136 Å². The SMILES string of the molecule is COc1ccc(/C(O)=C2\C(=O)C(=O)N(c3nc4ccc([N+](=O)[O-])cc4s3)C2c2cccnc2)cc1Br. The monoisotopic (exact) mass is 566 g/mol. The van der Waals surface area contributed by atoms with Crippen LogP contribution in [0.2, 0.25) is 0 Å². The molecule has 1 saturated heterocycles. The molecule has 12 heteroatoms. The van der Waals surface area contributed by atoms with E-state index in [9.17, 15) is 24.8 Å². The zero-order valence-corrected chi connectivity index (χ0v) is 20.8. The minimum Gasteiger partial charge on any atom is -0.507 e. The maximum absolute atomic E-state index is 13.3. The lowest BCUT2D eigenvalue weighted by Gasteiger charge is -2.22. The molecule has 1 aliphatic rings. The second kappa shape index (κ2) is 9.13. The zero-order chi connectivity index (χ0) is 25.6. The molecule has 0 radical (unpaired) electrons. The van der Waals surface area contributed by atoms with Crippen LogP contribution in [0.25, 0.3) is 16.0 Å². The molecule has 5 rings (SSSR count). The summed E-state index contributed by atoms with van der Waals surface area (Å²) in [5, 5.41) is 22.6. The number of aliphatic hydroxyl groups is 1. The van der Waals surface area contributed by atoms with Crippen molar-refractivity contribution in [1.82, 2.24) is 9.97 Å². The summed E-state index contributed by atoms with van der Waals surface area (Å²) in [6, 6.07) is 11.3. The van der Waals surface area contributed by atoms with Crippen LogP contribution in [0.3, 0.4) is 0 Å². The van der Waals surface area contributed by atoms with E-state index in [1.807, 2.05) is 0 Å². The number of hydrogen-bond donors (Lipinski definition) is 1. The van der Waals surface area contributed by atoms with Gasteiger partial charge in [0.15, 0.2) is 5.13 Å². The number of halogens is 1. The Kier molecular flexibility index (Phi) is 5.98. The van der Waals surface area contributed by atoms with Crippen molar-refractivity contribution >= 4 is 65.8 Å². The smallest absolute Gasteiger partial charge is 0.301 e. The van der Waals surface area contributed by atoms with Crippen molar-refractivity contribution in [3.05, 3.63) is 92.2 Å². The molecule has 4 aromatic rings. The van der Waals surface area contributed by atoms with Crippen LogP contribution in [0.5, 0.6) is 5.75 Å². The van der Waals surface area contributed by atoms with E-state index >= 15 is 0 Å². The number of ketones is 1. The number of anilines is 1. The number of nitro groups is 1. The molecule has 1 fully saturated rings. The summed E-state index contributed by atoms with van der Waals surface area (Å²) in [6.45, 7) is 0. The van der Waals surface area contributed by atoms with E-state index in [0.717, 1.165) is 11.3 Å². The summed E-state index contributed by atoms with van der Waals surface area (Å²) in [6.07, 6.45) is 3.05. The maximum atomic E-state index is 13.3. The number of aliphatic hydroxyl groups excluding tert-OH is 1. The predicted molar refractivity (Wildman–Crippen MR) is 136 cm³/mol. The summed E-state index contributed by atoms with van der Waals surface area (Å²) in [7, 11) is 1.50. The first-order valence-electron chi connectivity index (χ1n) is 10.4. The van der Waals surface area contributed by atoms with E-state index in [0.29, 0.717) is 31.6 Å². The Morgan fingerprint density at radius 3 is 2.69 bits per heavy atom. The molecule has 1 unspecified atom stereocenters. The molecular formula is C24H15BrN4O6S. The molecule has 1 atom stereocenters. The number of Topliss-reactive ketones (excluding diaryl/α,β-unsaturated/α-hetero) is 1. The molecule has 1 aliphatic heterocycles. The fourth-order valence-electron chi connectivity index (χ4n) is 3.97. The average Bonchev–Trinajstić information content (AvgIpc) is 3.41. The third-order valence-electron chi connectivity index (χ3n) is 5.65. The second-order valence-electron chi connectivity index (χ2n) is 7.71. The molecule has 2 aromatic carbocycles. The van der Waals surface area contributed by atoms with Crippen LogP contribution in [0.4, 0.5) is 10.8 Å². The van der Waals surface area contributed by atoms with Crippen molar-refractivity contribution in [2.75, 3.05) is 12.0 Å². The summed E-state index contributed by atoms with van der Waals surface area (Å²) in [5.74, 6) is -1.62. The number of non-ortho nitro benzene ring substituents is 1. The molecule has 0 aliphatic carbocycles. The maximum Gasteiger partial charge on any atom is 0.301 e. The first-order chi connectivity index (χ1) is 17.3. The van der Waals surface area contributed by atoms with Gasteiger partial charge in [0.25, 0.3) is 11.5 Å².